The molecule has 3 aromatic rings. The first-order chi connectivity index (χ1) is 15.0. The molecule has 1 aromatic heterocycles. The van der Waals surface area contributed by atoms with Crippen LogP contribution in [0.2, 0.25) is 5.02 Å². The van der Waals surface area contributed by atoms with Crippen LogP contribution in [0.4, 0.5) is 5.69 Å². The summed E-state index contributed by atoms with van der Waals surface area (Å²) in [4.78, 5) is 29.2. The molecule has 6 nitrogen and oxygen atoms in total. The lowest BCUT2D eigenvalue weighted by atomic mass is 10.2. The Hall–Kier alpha value is -2.90. The second-order valence-electron chi connectivity index (χ2n) is 7.27. The lowest BCUT2D eigenvalue weighted by Crippen LogP contribution is -2.25. The van der Waals surface area contributed by atoms with E-state index in [1.54, 1.807) is 18.2 Å². The molecule has 0 saturated heterocycles. The molecule has 0 unspecified atom stereocenters. The zero-order valence-electron chi connectivity index (χ0n) is 17.0. The van der Waals surface area contributed by atoms with Crippen molar-refractivity contribution >= 4 is 40.4 Å². The molecule has 1 saturated carbocycles. The van der Waals surface area contributed by atoms with Gasteiger partial charge in [-0.15, -0.1) is 11.3 Å². The van der Waals surface area contributed by atoms with E-state index in [1.807, 2.05) is 36.6 Å². The third-order valence-corrected chi connectivity index (χ3v) is 5.97. The fraction of sp³-hybridized carbons (Fsp3) is 0.261. The van der Waals surface area contributed by atoms with Crippen LogP contribution in [-0.2, 0) is 11.2 Å². The summed E-state index contributed by atoms with van der Waals surface area (Å²) in [5.74, 6) is 0.432. The Balaban J connectivity index is 1.35. The molecule has 0 atom stereocenters. The molecule has 2 amide bonds. The summed E-state index contributed by atoms with van der Waals surface area (Å²) in [5, 5.41) is 8.75. The zero-order valence-corrected chi connectivity index (χ0v) is 18.6. The van der Waals surface area contributed by atoms with Crippen LogP contribution in [0.3, 0.4) is 0 Å². The number of amides is 2. The smallest absolute Gasteiger partial charge is 0.253 e. The van der Waals surface area contributed by atoms with E-state index in [9.17, 15) is 9.59 Å². The Morgan fingerprint density at radius 2 is 1.97 bits per heavy atom. The van der Waals surface area contributed by atoms with E-state index in [0.717, 1.165) is 29.2 Å². The van der Waals surface area contributed by atoms with Gasteiger partial charge in [-0.1, -0.05) is 11.6 Å². The first-order valence-electron chi connectivity index (χ1n) is 10.1. The minimum atomic E-state index is -0.199. The van der Waals surface area contributed by atoms with Crippen molar-refractivity contribution in [3.63, 3.8) is 0 Å². The van der Waals surface area contributed by atoms with Crippen molar-refractivity contribution in [2.75, 3.05) is 11.9 Å². The summed E-state index contributed by atoms with van der Waals surface area (Å²) in [6.07, 6.45) is 2.16. The number of nitrogens with one attached hydrogen (secondary N) is 2. The molecule has 1 aliphatic carbocycles. The molecule has 0 spiro atoms. The Morgan fingerprint density at radius 1 is 1.19 bits per heavy atom. The topological polar surface area (TPSA) is 80.3 Å². The molecular weight excluding hydrogens is 434 g/mol. The molecule has 0 radical (unpaired) electrons. The van der Waals surface area contributed by atoms with Gasteiger partial charge in [0.1, 0.15) is 10.8 Å². The fourth-order valence-electron chi connectivity index (χ4n) is 3.02. The number of rotatable bonds is 8. The predicted octanol–water partition coefficient (Wildman–Crippen LogP) is 4.94. The summed E-state index contributed by atoms with van der Waals surface area (Å²) in [5.41, 5.74) is 2.62. The highest BCUT2D eigenvalue weighted by Gasteiger charge is 2.24. The van der Waals surface area contributed by atoms with E-state index in [2.05, 4.69) is 15.6 Å². The van der Waals surface area contributed by atoms with Gasteiger partial charge in [-0.3, -0.25) is 9.59 Å². The van der Waals surface area contributed by atoms with Gasteiger partial charge in [-0.2, -0.15) is 0 Å². The van der Waals surface area contributed by atoms with Crippen LogP contribution in [0.15, 0.2) is 47.8 Å². The number of ether oxygens (including phenoxy) is 1. The number of benzene rings is 2. The van der Waals surface area contributed by atoms with Crippen molar-refractivity contribution in [2.45, 2.75) is 32.2 Å². The molecular formula is C23H22ClN3O3S. The third-order valence-electron chi connectivity index (χ3n) is 4.72. The number of carbonyl (C=O) groups excluding carboxylic acids is 2. The molecule has 1 heterocycles. The standard InChI is InChI=1S/C23H22ClN3O3S/c1-2-30-18-8-3-14(4-9-18)23-27-17(13-31-23)12-21(28)25-16-7-10-19(20(24)11-16)22(29)26-15-5-6-15/h3-4,7-11,13,15H,2,5-6,12H2,1H3,(H,25,28)(H,26,29). The van der Waals surface area contributed by atoms with E-state index in [1.165, 1.54) is 11.3 Å². The number of hydrogen-bond donors (Lipinski definition) is 2. The number of hydrogen-bond acceptors (Lipinski definition) is 5. The minimum absolute atomic E-state index is 0.148. The molecule has 160 valence electrons. The number of anilines is 1. The maximum atomic E-state index is 12.4. The van der Waals surface area contributed by atoms with Crippen LogP contribution in [0.25, 0.3) is 10.6 Å². The molecule has 1 aliphatic rings. The Morgan fingerprint density at radius 3 is 2.65 bits per heavy atom. The highest BCUT2D eigenvalue weighted by atomic mass is 35.5. The molecule has 4 rings (SSSR count). The van der Waals surface area contributed by atoms with Gasteiger partial charge in [0.25, 0.3) is 5.91 Å². The molecule has 2 N–H and O–H groups in total. The Bertz CT molecular complexity index is 1090. The number of carbonyl (C=O) groups is 2. The van der Waals surface area contributed by atoms with Crippen molar-refractivity contribution in [3.05, 3.63) is 64.1 Å². The van der Waals surface area contributed by atoms with E-state index in [-0.39, 0.29) is 24.3 Å². The average Bonchev–Trinajstić information content (AvgIpc) is 3.44. The van der Waals surface area contributed by atoms with Gasteiger partial charge < -0.3 is 15.4 Å². The van der Waals surface area contributed by atoms with Gasteiger partial charge in [0.05, 0.1) is 29.3 Å². The molecule has 8 heteroatoms. The van der Waals surface area contributed by atoms with Crippen LogP contribution in [0.5, 0.6) is 5.75 Å². The highest BCUT2D eigenvalue weighted by molar-refractivity contribution is 7.13. The van der Waals surface area contributed by atoms with Crippen molar-refractivity contribution in [1.82, 2.24) is 10.3 Å². The second-order valence-corrected chi connectivity index (χ2v) is 8.53. The van der Waals surface area contributed by atoms with Crippen LogP contribution >= 0.6 is 22.9 Å². The Labute approximate surface area is 189 Å². The van der Waals surface area contributed by atoms with E-state index >= 15 is 0 Å². The molecule has 0 bridgehead atoms. The Kier molecular flexibility index (Phi) is 6.53. The lowest BCUT2D eigenvalue weighted by molar-refractivity contribution is -0.115. The van der Waals surface area contributed by atoms with Crippen molar-refractivity contribution in [3.8, 4) is 16.3 Å². The largest absolute Gasteiger partial charge is 0.494 e. The number of nitrogens with zero attached hydrogens (tertiary/aromatic N) is 1. The van der Waals surface area contributed by atoms with Crippen LogP contribution in [0, 0.1) is 0 Å². The predicted molar refractivity (Wildman–Crippen MR) is 123 cm³/mol. The number of halogens is 1. The van der Waals surface area contributed by atoms with Gasteiger partial charge in [-0.05, 0) is 62.2 Å². The fourth-order valence-corrected chi connectivity index (χ4v) is 4.11. The van der Waals surface area contributed by atoms with Crippen molar-refractivity contribution in [1.29, 1.82) is 0 Å². The summed E-state index contributed by atoms with van der Waals surface area (Å²) < 4.78 is 5.46. The van der Waals surface area contributed by atoms with Crippen molar-refractivity contribution in [2.24, 2.45) is 0 Å². The normalized spacial score (nSPS) is 13.0. The van der Waals surface area contributed by atoms with E-state index in [0.29, 0.717) is 28.6 Å². The number of thiazole rings is 1. The van der Waals surface area contributed by atoms with Gasteiger partial charge in [0.15, 0.2) is 0 Å². The minimum Gasteiger partial charge on any atom is -0.494 e. The first kappa shape index (κ1) is 21.3. The van der Waals surface area contributed by atoms with Gasteiger partial charge in [0, 0.05) is 22.7 Å². The van der Waals surface area contributed by atoms with Gasteiger partial charge in [0.2, 0.25) is 5.91 Å². The van der Waals surface area contributed by atoms with Gasteiger partial charge in [-0.25, -0.2) is 4.98 Å². The van der Waals surface area contributed by atoms with Gasteiger partial charge >= 0.3 is 0 Å². The molecule has 0 aliphatic heterocycles. The highest BCUT2D eigenvalue weighted by Crippen LogP contribution is 2.27. The maximum Gasteiger partial charge on any atom is 0.253 e. The lowest BCUT2D eigenvalue weighted by Gasteiger charge is -2.09. The molecule has 1 fully saturated rings. The van der Waals surface area contributed by atoms with Crippen LogP contribution in [-0.4, -0.2) is 29.4 Å². The first-order valence-corrected chi connectivity index (χ1v) is 11.4. The second kappa shape index (κ2) is 9.49. The molecule has 2 aromatic carbocycles. The molecule has 31 heavy (non-hydrogen) atoms. The summed E-state index contributed by atoms with van der Waals surface area (Å²) in [6.45, 7) is 2.57. The number of aromatic nitrogens is 1. The average molecular weight is 456 g/mol. The zero-order chi connectivity index (χ0) is 21.8. The van der Waals surface area contributed by atoms with Crippen LogP contribution in [0.1, 0.15) is 35.8 Å². The SMILES string of the molecule is CCOc1ccc(-c2nc(CC(=O)Nc3ccc(C(=O)NC4CC4)c(Cl)c3)cs2)cc1. The maximum absolute atomic E-state index is 12.4. The third kappa shape index (κ3) is 5.62. The monoisotopic (exact) mass is 455 g/mol. The summed E-state index contributed by atoms with van der Waals surface area (Å²) >= 11 is 7.73. The summed E-state index contributed by atoms with van der Waals surface area (Å²) in [6, 6.07) is 12.9. The summed E-state index contributed by atoms with van der Waals surface area (Å²) in [7, 11) is 0. The van der Waals surface area contributed by atoms with E-state index in [4.69, 9.17) is 16.3 Å². The van der Waals surface area contributed by atoms with Crippen LogP contribution < -0.4 is 15.4 Å². The van der Waals surface area contributed by atoms with E-state index < -0.39 is 0 Å². The van der Waals surface area contributed by atoms with Crippen molar-refractivity contribution < 1.29 is 14.3 Å². The quantitative estimate of drug-likeness (QED) is 0.504.